The van der Waals surface area contributed by atoms with Crippen LogP contribution in [0.3, 0.4) is 0 Å². The number of hydrogen-bond acceptors (Lipinski definition) is 3. The molecule has 1 saturated heterocycles. The number of amidine groups is 1. The number of nitrogens with two attached hydrogens (primary N) is 1. The Kier molecular flexibility index (Phi) is 4.20. The van der Waals surface area contributed by atoms with Crippen molar-refractivity contribution in [2.75, 3.05) is 25.1 Å². The van der Waals surface area contributed by atoms with Crippen LogP contribution in [0.25, 0.3) is 0 Å². The van der Waals surface area contributed by atoms with E-state index in [4.69, 9.17) is 15.9 Å². The molecular weight excluding hydrogens is 226 g/mol. The highest BCUT2D eigenvalue weighted by Crippen LogP contribution is 2.19. The third kappa shape index (κ3) is 3.23. The maximum absolute atomic E-state index is 7.45. The van der Waals surface area contributed by atoms with Crippen LogP contribution in [-0.4, -0.2) is 32.1 Å². The van der Waals surface area contributed by atoms with E-state index in [2.05, 4.69) is 11.9 Å². The second kappa shape index (κ2) is 5.87. The Labute approximate surface area is 108 Å². The molecule has 0 saturated carbocycles. The normalized spacial score (nSPS) is 18.8. The minimum Gasteiger partial charge on any atom is -0.384 e. The molecule has 1 aromatic carbocycles. The Morgan fingerprint density at radius 2 is 2.39 bits per heavy atom. The third-order valence-corrected chi connectivity index (χ3v) is 3.41. The van der Waals surface area contributed by atoms with E-state index in [1.54, 1.807) is 0 Å². The fourth-order valence-corrected chi connectivity index (χ4v) is 2.25. The lowest BCUT2D eigenvalue weighted by Crippen LogP contribution is -2.23. The Morgan fingerprint density at radius 1 is 1.56 bits per heavy atom. The molecule has 0 amide bonds. The number of benzene rings is 1. The molecule has 1 atom stereocenters. The minimum atomic E-state index is 0.115. The Balaban J connectivity index is 1.93. The molecule has 98 valence electrons. The van der Waals surface area contributed by atoms with Crippen LogP contribution < -0.4 is 10.6 Å². The molecule has 3 N–H and O–H groups in total. The maximum atomic E-state index is 7.45. The quantitative estimate of drug-likeness (QED) is 0.617. The highest BCUT2D eigenvalue weighted by molar-refractivity contribution is 5.95. The summed E-state index contributed by atoms with van der Waals surface area (Å²) in [5.41, 5.74) is 7.37. The Hall–Kier alpha value is -1.55. The van der Waals surface area contributed by atoms with Crippen LogP contribution in [0.15, 0.2) is 24.3 Å². The first kappa shape index (κ1) is 12.9. The molecule has 0 spiro atoms. The molecule has 4 heteroatoms. The van der Waals surface area contributed by atoms with Crippen molar-refractivity contribution >= 4 is 11.5 Å². The van der Waals surface area contributed by atoms with Crippen LogP contribution >= 0.6 is 0 Å². The fourth-order valence-electron chi connectivity index (χ4n) is 2.25. The number of hydrogen-bond donors (Lipinski definition) is 2. The van der Waals surface area contributed by atoms with Gasteiger partial charge in [-0.3, -0.25) is 5.41 Å². The van der Waals surface area contributed by atoms with Crippen LogP contribution in [0.1, 0.15) is 24.8 Å². The molecular formula is C14H21N3O. The molecule has 0 aromatic heterocycles. The molecule has 1 fully saturated rings. The third-order valence-electron chi connectivity index (χ3n) is 3.41. The second-order valence-corrected chi connectivity index (χ2v) is 4.81. The van der Waals surface area contributed by atoms with E-state index in [0.717, 1.165) is 30.8 Å². The van der Waals surface area contributed by atoms with Crippen LogP contribution in [-0.2, 0) is 4.74 Å². The van der Waals surface area contributed by atoms with Gasteiger partial charge in [0, 0.05) is 31.5 Å². The summed E-state index contributed by atoms with van der Waals surface area (Å²) in [6, 6.07) is 7.80. The van der Waals surface area contributed by atoms with Crippen molar-refractivity contribution < 1.29 is 4.74 Å². The van der Waals surface area contributed by atoms with Gasteiger partial charge in [0.25, 0.3) is 0 Å². The van der Waals surface area contributed by atoms with E-state index in [9.17, 15) is 0 Å². The van der Waals surface area contributed by atoms with E-state index >= 15 is 0 Å². The first-order chi connectivity index (χ1) is 8.66. The largest absolute Gasteiger partial charge is 0.384 e. The monoisotopic (exact) mass is 247 g/mol. The Bertz CT molecular complexity index is 413. The lowest BCUT2D eigenvalue weighted by Gasteiger charge is -2.21. The molecule has 1 aromatic rings. The van der Waals surface area contributed by atoms with Gasteiger partial charge in [-0.05, 0) is 31.4 Å². The predicted octanol–water partition coefficient (Wildman–Crippen LogP) is 1.98. The van der Waals surface area contributed by atoms with E-state index < -0.39 is 0 Å². The summed E-state index contributed by atoms with van der Waals surface area (Å²) in [7, 11) is 2.06. The van der Waals surface area contributed by atoms with Crippen molar-refractivity contribution in [1.82, 2.24) is 0 Å². The molecule has 1 aliphatic rings. The summed E-state index contributed by atoms with van der Waals surface area (Å²) < 4.78 is 5.62. The molecule has 0 bridgehead atoms. The highest BCUT2D eigenvalue weighted by atomic mass is 16.5. The van der Waals surface area contributed by atoms with Gasteiger partial charge >= 0.3 is 0 Å². The number of nitrogens with zero attached hydrogens (tertiary/aromatic N) is 1. The van der Waals surface area contributed by atoms with Gasteiger partial charge < -0.3 is 15.4 Å². The molecule has 2 rings (SSSR count). The number of nitrogen functional groups attached to an aromatic ring is 1. The maximum Gasteiger partial charge on any atom is 0.122 e. The zero-order chi connectivity index (χ0) is 13.0. The van der Waals surface area contributed by atoms with E-state index in [0.29, 0.717) is 6.10 Å². The standard InChI is InChI=1S/C14H21N3O/c1-17(8-7-13-6-3-9-18-13)12-5-2-4-11(10-12)14(15)16/h2,4-5,10,13H,3,6-9H2,1H3,(H3,15,16). The van der Waals surface area contributed by atoms with Crippen molar-refractivity contribution in [1.29, 1.82) is 5.41 Å². The summed E-state index contributed by atoms with van der Waals surface area (Å²) in [4.78, 5) is 2.19. The minimum absolute atomic E-state index is 0.115. The van der Waals surface area contributed by atoms with Crippen LogP contribution in [0.2, 0.25) is 0 Å². The zero-order valence-corrected chi connectivity index (χ0v) is 10.9. The number of ether oxygens (including phenoxy) is 1. The predicted molar refractivity (Wildman–Crippen MR) is 74.3 cm³/mol. The lowest BCUT2D eigenvalue weighted by atomic mass is 10.1. The Morgan fingerprint density at radius 3 is 3.06 bits per heavy atom. The van der Waals surface area contributed by atoms with Gasteiger partial charge in [-0.2, -0.15) is 0 Å². The molecule has 4 nitrogen and oxygen atoms in total. The molecule has 0 radical (unpaired) electrons. The summed E-state index contributed by atoms with van der Waals surface area (Å²) in [5, 5.41) is 7.45. The van der Waals surface area contributed by atoms with E-state index in [-0.39, 0.29) is 5.84 Å². The van der Waals surface area contributed by atoms with Gasteiger partial charge in [-0.25, -0.2) is 0 Å². The topological polar surface area (TPSA) is 62.3 Å². The van der Waals surface area contributed by atoms with Crippen LogP contribution in [0.5, 0.6) is 0 Å². The number of anilines is 1. The summed E-state index contributed by atoms with van der Waals surface area (Å²) >= 11 is 0. The average molecular weight is 247 g/mol. The molecule has 1 heterocycles. The lowest BCUT2D eigenvalue weighted by molar-refractivity contribution is 0.106. The highest BCUT2D eigenvalue weighted by Gasteiger charge is 2.15. The van der Waals surface area contributed by atoms with Crippen LogP contribution in [0.4, 0.5) is 5.69 Å². The first-order valence-electron chi connectivity index (χ1n) is 6.44. The van der Waals surface area contributed by atoms with Crippen molar-refractivity contribution in [3.8, 4) is 0 Å². The molecule has 1 aliphatic heterocycles. The van der Waals surface area contributed by atoms with E-state index in [1.165, 1.54) is 12.8 Å². The smallest absolute Gasteiger partial charge is 0.122 e. The molecule has 1 unspecified atom stereocenters. The van der Waals surface area contributed by atoms with Crippen LogP contribution in [0, 0.1) is 5.41 Å². The zero-order valence-electron chi connectivity index (χ0n) is 10.9. The van der Waals surface area contributed by atoms with Crippen molar-refractivity contribution in [2.24, 2.45) is 5.73 Å². The first-order valence-corrected chi connectivity index (χ1v) is 6.44. The SMILES string of the molecule is CN(CCC1CCCO1)c1cccc(C(=N)N)c1. The van der Waals surface area contributed by atoms with Gasteiger partial charge in [0.15, 0.2) is 0 Å². The van der Waals surface area contributed by atoms with Crippen molar-refractivity contribution in [2.45, 2.75) is 25.4 Å². The van der Waals surface area contributed by atoms with Gasteiger partial charge in [0.1, 0.15) is 5.84 Å². The average Bonchev–Trinajstić information content (AvgIpc) is 2.89. The summed E-state index contributed by atoms with van der Waals surface area (Å²) in [6.07, 6.45) is 3.85. The number of nitrogens with one attached hydrogen (secondary N) is 1. The van der Waals surface area contributed by atoms with Gasteiger partial charge in [-0.15, -0.1) is 0 Å². The van der Waals surface area contributed by atoms with Crippen molar-refractivity contribution in [3.05, 3.63) is 29.8 Å². The molecule has 0 aliphatic carbocycles. The van der Waals surface area contributed by atoms with Gasteiger partial charge in [0.2, 0.25) is 0 Å². The van der Waals surface area contributed by atoms with E-state index in [1.807, 2.05) is 24.3 Å². The summed E-state index contributed by atoms with van der Waals surface area (Å²) in [6.45, 7) is 1.88. The summed E-state index contributed by atoms with van der Waals surface area (Å²) in [5.74, 6) is 0.115. The second-order valence-electron chi connectivity index (χ2n) is 4.81. The number of rotatable bonds is 5. The van der Waals surface area contributed by atoms with Crippen molar-refractivity contribution in [3.63, 3.8) is 0 Å². The molecule has 18 heavy (non-hydrogen) atoms. The van der Waals surface area contributed by atoms with Gasteiger partial charge in [-0.1, -0.05) is 12.1 Å². The van der Waals surface area contributed by atoms with Gasteiger partial charge in [0.05, 0.1) is 6.10 Å². The fraction of sp³-hybridized carbons (Fsp3) is 0.500.